The van der Waals surface area contributed by atoms with Crippen LogP contribution in [0.3, 0.4) is 0 Å². The lowest BCUT2D eigenvalue weighted by molar-refractivity contribution is 0.0365. The van der Waals surface area contributed by atoms with Crippen molar-refractivity contribution >= 4 is 10.9 Å². The molecule has 0 spiro atoms. The van der Waals surface area contributed by atoms with Crippen molar-refractivity contribution < 1.29 is 4.74 Å². The van der Waals surface area contributed by atoms with Crippen LogP contribution in [0, 0.1) is 0 Å². The topological polar surface area (TPSA) is 17.4 Å². The molecule has 0 N–H and O–H groups in total. The Balaban J connectivity index is 0.000000637. The van der Waals surface area contributed by atoms with E-state index in [0.29, 0.717) is 0 Å². The summed E-state index contributed by atoms with van der Waals surface area (Å²) in [7, 11) is 0. The maximum Gasteiger partial charge on any atom is 0.0594 e. The SMILES string of the molecule is CC.c1ccc2c(c1)ccn2CCN1CCOCC1. The van der Waals surface area contributed by atoms with E-state index in [1.807, 2.05) is 13.8 Å². The molecule has 3 heteroatoms. The fourth-order valence-electron chi connectivity index (χ4n) is 2.41. The number of ether oxygens (including phenoxy) is 1. The first-order valence-electron chi connectivity index (χ1n) is 7.27. The van der Waals surface area contributed by atoms with E-state index >= 15 is 0 Å². The van der Waals surface area contributed by atoms with Gasteiger partial charge in [0, 0.05) is 37.9 Å². The number of hydrogen-bond donors (Lipinski definition) is 0. The Hall–Kier alpha value is -1.32. The third-order valence-corrected chi connectivity index (χ3v) is 3.44. The molecule has 0 radical (unpaired) electrons. The largest absolute Gasteiger partial charge is 0.379 e. The molecule has 0 amide bonds. The molecule has 0 atom stereocenters. The molecular formula is C16H24N2O. The summed E-state index contributed by atoms with van der Waals surface area (Å²) in [5, 5.41) is 1.33. The first kappa shape index (κ1) is 14.1. The van der Waals surface area contributed by atoms with Gasteiger partial charge in [-0.3, -0.25) is 4.90 Å². The van der Waals surface area contributed by atoms with E-state index in [9.17, 15) is 0 Å². The standard InChI is InChI=1S/C14H18N2O.C2H6/c1-2-4-14-13(3-1)5-6-16(14)8-7-15-9-11-17-12-10-15;1-2/h1-6H,7-12H2;1-2H3. The minimum atomic E-state index is 0.881. The van der Waals surface area contributed by atoms with Crippen LogP contribution in [-0.4, -0.2) is 42.3 Å². The Morgan fingerprint density at radius 3 is 2.53 bits per heavy atom. The van der Waals surface area contributed by atoms with Crippen molar-refractivity contribution in [3.05, 3.63) is 36.5 Å². The van der Waals surface area contributed by atoms with Gasteiger partial charge in [-0.25, -0.2) is 0 Å². The zero-order valence-electron chi connectivity index (χ0n) is 12.0. The molecule has 1 aliphatic heterocycles. The molecule has 1 aliphatic rings. The van der Waals surface area contributed by atoms with Gasteiger partial charge in [0.05, 0.1) is 13.2 Å². The highest BCUT2D eigenvalue weighted by atomic mass is 16.5. The maximum atomic E-state index is 5.36. The molecule has 0 bridgehead atoms. The normalized spacial score (nSPS) is 16.1. The second-order valence-electron chi connectivity index (χ2n) is 4.52. The second kappa shape index (κ2) is 7.31. The average molecular weight is 260 g/mol. The fourth-order valence-corrected chi connectivity index (χ4v) is 2.41. The van der Waals surface area contributed by atoms with Gasteiger partial charge in [0.2, 0.25) is 0 Å². The van der Waals surface area contributed by atoms with Crippen LogP contribution in [0.4, 0.5) is 0 Å². The van der Waals surface area contributed by atoms with Crippen molar-refractivity contribution in [2.45, 2.75) is 20.4 Å². The van der Waals surface area contributed by atoms with E-state index < -0.39 is 0 Å². The van der Waals surface area contributed by atoms with Gasteiger partial charge in [0.25, 0.3) is 0 Å². The van der Waals surface area contributed by atoms with Crippen LogP contribution in [0.5, 0.6) is 0 Å². The predicted octanol–water partition coefficient (Wildman–Crippen LogP) is 3.00. The summed E-state index contributed by atoms with van der Waals surface area (Å²) in [5.74, 6) is 0. The highest BCUT2D eigenvalue weighted by Crippen LogP contribution is 2.14. The van der Waals surface area contributed by atoms with Crippen molar-refractivity contribution in [1.29, 1.82) is 0 Å². The molecule has 0 aliphatic carbocycles. The number of para-hydroxylation sites is 1. The van der Waals surface area contributed by atoms with E-state index in [1.54, 1.807) is 0 Å². The molecule has 104 valence electrons. The van der Waals surface area contributed by atoms with Crippen LogP contribution >= 0.6 is 0 Å². The molecule has 1 fully saturated rings. The Morgan fingerprint density at radius 1 is 1.00 bits per heavy atom. The van der Waals surface area contributed by atoms with Gasteiger partial charge in [0.15, 0.2) is 0 Å². The third kappa shape index (κ3) is 3.58. The van der Waals surface area contributed by atoms with Crippen LogP contribution in [0.2, 0.25) is 0 Å². The number of morpholine rings is 1. The van der Waals surface area contributed by atoms with Crippen LogP contribution in [0.1, 0.15) is 13.8 Å². The minimum absolute atomic E-state index is 0.881. The molecule has 3 rings (SSSR count). The lowest BCUT2D eigenvalue weighted by Crippen LogP contribution is -2.38. The molecule has 0 saturated carbocycles. The van der Waals surface area contributed by atoms with Crippen LogP contribution in [-0.2, 0) is 11.3 Å². The molecule has 2 heterocycles. The number of rotatable bonds is 3. The first-order chi connectivity index (χ1) is 9.43. The van der Waals surface area contributed by atoms with Crippen LogP contribution in [0.15, 0.2) is 36.5 Å². The Labute approximate surface area is 115 Å². The molecule has 1 saturated heterocycles. The lowest BCUT2D eigenvalue weighted by Gasteiger charge is -2.26. The van der Waals surface area contributed by atoms with Gasteiger partial charge in [0.1, 0.15) is 0 Å². The maximum absolute atomic E-state index is 5.36. The predicted molar refractivity (Wildman–Crippen MR) is 80.5 cm³/mol. The third-order valence-electron chi connectivity index (χ3n) is 3.44. The fraction of sp³-hybridized carbons (Fsp3) is 0.500. The zero-order chi connectivity index (χ0) is 13.5. The first-order valence-corrected chi connectivity index (χ1v) is 7.27. The molecule has 2 aromatic rings. The molecule has 3 nitrogen and oxygen atoms in total. The number of benzene rings is 1. The smallest absolute Gasteiger partial charge is 0.0594 e. The van der Waals surface area contributed by atoms with Gasteiger partial charge in [-0.15, -0.1) is 0 Å². The molecule has 1 aromatic carbocycles. The van der Waals surface area contributed by atoms with Gasteiger partial charge in [-0.2, -0.15) is 0 Å². The number of hydrogen-bond acceptors (Lipinski definition) is 2. The van der Waals surface area contributed by atoms with E-state index in [4.69, 9.17) is 4.74 Å². The molecule has 1 aromatic heterocycles. The van der Waals surface area contributed by atoms with Crippen molar-refractivity contribution in [3.63, 3.8) is 0 Å². The molecule has 0 unspecified atom stereocenters. The molecular weight excluding hydrogens is 236 g/mol. The van der Waals surface area contributed by atoms with Crippen LogP contribution < -0.4 is 0 Å². The summed E-state index contributed by atoms with van der Waals surface area (Å²) in [6.45, 7) is 10.1. The average Bonchev–Trinajstić information content (AvgIpc) is 2.92. The molecule has 19 heavy (non-hydrogen) atoms. The Kier molecular flexibility index (Phi) is 5.43. The van der Waals surface area contributed by atoms with Crippen molar-refractivity contribution in [2.75, 3.05) is 32.8 Å². The lowest BCUT2D eigenvalue weighted by atomic mass is 10.2. The summed E-state index contributed by atoms with van der Waals surface area (Å²) in [5.41, 5.74) is 1.33. The summed E-state index contributed by atoms with van der Waals surface area (Å²) in [6.07, 6.45) is 2.19. The van der Waals surface area contributed by atoms with Gasteiger partial charge in [-0.05, 0) is 17.5 Å². The summed E-state index contributed by atoms with van der Waals surface area (Å²) in [4.78, 5) is 2.47. The highest BCUT2D eigenvalue weighted by molar-refractivity contribution is 5.79. The summed E-state index contributed by atoms with van der Waals surface area (Å²) >= 11 is 0. The van der Waals surface area contributed by atoms with Crippen molar-refractivity contribution in [3.8, 4) is 0 Å². The van der Waals surface area contributed by atoms with E-state index in [0.717, 1.165) is 39.4 Å². The van der Waals surface area contributed by atoms with Gasteiger partial charge >= 0.3 is 0 Å². The van der Waals surface area contributed by atoms with E-state index in [-0.39, 0.29) is 0 Å². The van der Waals surface area contributed by atoms with Gasteiger partial charge in [-0.1, -0.05) is 32.0 Å². The highest BCUT2D eigenvalue weighted by Gasteiger charge is 2.10. The number of nitrogens with zero attached hydrogens (tertiary/aromatic N) is 2. The summed E-state index contributed by atoms with van der Waals surface area (Å²) < 4.78 is 7.70. The Morgan fingerprint density at radius 2 is 1.74 bits per heavy atom. The Bertz CT molecular complexity index is 486. The quantitative estimate of drug-likeness (QED) is 0.844. The zero-order valence-corrected chi connectivity index (χ0v) is 12.0. The monoisotopic (exact) mass is 260 g/mol. The van der Waals surface area contributed by atoms with Gasteiger partial charge < -0.3 is 9.30 Å². The van der Waals surface area contributed by atoms with Crippen molar-refractivity contribution in [2.24, 2.45) is 0 Å². The summed E-state index contributed by atoms with van der Waals surface area (Å²) in [6, 6.07) is 10.7. The number of fused-ring (bicyclic) bond motifs is 1. The second-order valence-corrected chi connectivity index (χ2v) is 4.52. The number of aromatic nitrogens is 1. The van der Waals surface area contributed by atoms with Crippen LogP contribution in [0.25, 0.3) is 10.9 Å². The van der Waals surface area contributed by atoms with Crippen molar-refractivity contribution in [1.82, 2.24) is 9.47 Å². The van der Waals surface area contributed by atoms with E-state index in [2.05, 4.69) is 46.0 Å². The minimum Gasteiger partial charge on any atom is -0.379 e. The van der Waals surface area contributed by atoms with E-state index in [1.165, 1.54) is 10.9 Å².